The van der Waals surface area contributed by atoms with Crippen LogP contribution in [0.5, 0.6) is 0 Å². The lowest BCUT2D eigenvalue weighted by Crippen LogP contribution is -2.14. The average molecular weight is 329 g/mol. The molecule has 0 unspecified atom stereocenters. The molecule has 0 aliphatic heterocycles. The smallest absolute Gasteiger partial charge is 0.273 e. The van der Waals surface area contributed by atoms with Crippen LogP contribution in [-0.2, 0) is 0 Å². The van der Waals surface area contributed by atoms with E-state index in [-0.39, 0.29) is 5.56 Å². The molecule has 120 valence electrons. The van der Waals surface area contributed by atoms with E-state index in [1.165, 1.54) is 10.6 Å². The topological polar surface area (TPSA) is 105 Å². The van der Waals surface area contributed by atoms with E-state index in [9.17, 15) is 4.79 Å². The SMILES string of the molecule is O=c1cc(-c2ccc3n[nH]nc3c2)nc2c(-c3ccccn3)c[nH]n12. The Labute approximate surface area is 140 Å². The molecule has 8 nitrogen and oxygen atoms in total. The van der Waals surface area contributed by atoms with Gasteiger partial charge >= 0.3 is 0 Å². The Balaban J connectivity index is 1.75. The first-order chi connectivity index (χ1) is 12.3. The molecule has 5 rings (SSSR count). The highest BCUT2D eigenvalue weighted by atomic mass is 16.1. The lowest BCUT2D eigenvalue weighted by atomic mass is 10.1. The first-order valence-electron chi connectivity index (χ1n) is 7.63. The van der Waals surface area contributed by atoms with Crippen molar-refractivity contribution in [3.8, 4) is 22.5 Å². The van der Waals surface area contributed by atoms with E-state index in [0.717, 1.165) is 27.9 Å². The number of fused-ring (bicyclic) bond motifs is 2. The van der Waals surface area contributed by atoms with Gasteiger partial charge in [-0.3, -0.25) is 14.9 Å². The summed E-state index contributed by atoms with van der Waals surface area (Å²) in [5.41, 5.74) is 4.71. The number of nitrogens with zero attached hydrogens (tertiary/aromatic N) is 5. The number of rotatable bonds is 2. The molecule has 25 heavy (non-hydrogen) atoms. The van der Waals surface area contributed by atoms with Gasteiger partial charge in [-0.1, -0.05) is 12.1 Å². The van der Waals surface area contributed by atoms with E-state index in [1.54, 1.807) is 12.4 Å². The quantitative estimate of drug-likeness (QED) is 0.515. The molecule has 0 amide bonds. The Morgan fingerprint density at radius 1 is 0.960 bits per heavy atom. The van der Waals surface area contributed by atoms with Crippen LogP contribution in [0.25, 0.3) is 39.2 Å². The lowest BCUT2D eigenvalue weighted by Gasteiger charge is -2.03. The number of pyridine rings is 1. The van der Waals surface area contributed by atoms with Gasteiger partial charge in [-0.05, 0) is 24.3 Å². The molecule has 0 radical (unpaired) electrons. The lowest BCUT2D eigenvalue weighted by molar-refractivity contribution is 0.901. The largest absolute Gasteiger partial charge is 0.296 e. The Morgan fingerprint density at radius 3 is 2.76 bits per heavy atom. The van der Waals surface area contributed by atoms with Crippen LogP contribution in [0.2, 0.25) is 0 Å². The van der Waals surface area contributed by atoms with Gasteiger partial charge in [0.05, 0.1) is 17.0 Å². The summed E-state index contributed by atoms with van der Waals surface area (Å²) in [5, 5.41) is 13.6. The number of hydrogen-bond donors (Lipinski definition) is 2. The second kappa shape index (κ2) is 5.10. The normalized spacial score (nSPS) is 11.4. The Bertz CT molecular complexity index is 1270. The minimum absolute atomic E-state index is 0.192. The fourth-order valence-corrected chi connectivity index (χ4v) is 2.84. The fourth-order valence-electron chi connectivity index (χ4n) is 2.84. The maximum atomic E-state index is 12.5. The van der Waals surface area contributed by atoms with Crippen molar-refractivity contribution in [2.75, 3.05) is 0 Å². The van der Waals surface area contributed by atoms with Crippen LogP contribution in [0, 0.1) is 0 Å². The van der Waals surface area contributed by atoms with Crippen LogP contribution < -0.4 is 5.56 Å². The van der Waals surface area contributed by atoms with Crippen molar-refractivity contribution in [1.29, 1.82) is 0 Å². The van der Waals surface area contributed by atoms with E-state index < -0.39 is 0 Å². The van der Waals surface area contributed by atoms with Crippen molar-refractivity contribution in [1.82, 2.24) is 35.0 Å². The number of aromatic amines is 2. The highest BCUT2D eigenvalue weighted by Crippen LogP contribution is 2.24. The highest BCUT2D eigenvalue weighted by molar-refractivity contribution is 5.81. The summed E-state index contributed by atoms with van der Waals surface area (Å²) < 4.78 is 1.40. The zero-order valence-corrected chi connectivity index (χ0v) is 12.8. The molecule has 8 heteroatoms. The van der Waals surface area contributed by atoms with Crippen LogP contribution in [-0.4, -0.2) is 35.0 Å². The Hall–Kier alpha value is -3.81. The maximum Gasteiger partial charge on any atom is 0.273 e. The average Bonchev–Trinajstić information content (AvgIpc) is 3.28. The van der Waals surface area contributed by atoms with Crippen molar-refractivity contribution >= 4 is 16.7 Å². The predicted molar refractivity (Wildman–Crippen MR) is 91.9 cm³/mol. The van der Waals surface area contributed by atoms with Crippen LogP contribution in [0.15, 0.2) is 59.7 Å². The second-order valence-corrected chi connectivity index (χ2v) is 5.57. The van der Waals surface area contributed by atoms with Crippen molar-refractivity contribution in [3.05, 3.63) is 65.2 Å². The summed E-state index contributed by atoms with van der Waals surface area (Å²) in [6.07, 6.45) is 3.44. The number of nitrogens with one attached hydrogen (secondary N) is 2. The summed E-state index contributed by atoms with van der Waals surface area (Å²) in [6, 6.07) is 12.7. The Morgan fingerprint density at radius 2 is 1.88 bits per heavy atom. The molecule has 0 aliphatic carbocycles. The van der Waals surface area contributed by atoms with E-state index in [4.69, 9.17) is 0 Å². The third-order valence-corrected chi connectivity index (χ3v) is 4.05. The van der Waals surface area contributed by atoms with Gasteiger partial charge in [0.1, 0.15) is 11.0 Å². The van der Waals surface area contributed by atoms with E-state index in [0.29, 0.717) is 11.3 Å². The first-order valence-corrected chi connectivity index (χ1v) is 7.63. The van der Waals surface area contributed by atoms with E-state index in [1.807, 2.05) is 36.4 Å². The monoisotopic (exact) mass is 329 g/mol. The number of hydrogen-bond acceptors (Lipinski definition) is 5. The van der Waals surface area contributed by atoms with Crippen molar-refractivity contribution < 1.29 is 0 Å². The predicted octanol–water partition coefficient (Wildman–Crippen LogP) is 2.02. The van der Waals surface area contributed by atoms with Crippen LogP contribution in [0.4, 0.5) is 0 Å². The molecular weight excluding hydrogens is 318 g/mol. The highest BCUT2D eigenvalue weighted by Gasteiger charge is 2.13. The van der Waals surface area contributed by atoms with Gasteiger partial charge in [0.15, 0.2) is 5.65 Å². The minimum Gasteiger partial charge on any atom is -0.296 e. The molecule has 5 aromatic rings. The van der Waals surface area contributed by atoms with Gasteiger partial charge in [-0.25, -0.2) is 9.50 Å². The second-order valence-electron chi connectivity index (χ2n) is 5.57. The van der Waals surface area contributed by atoms with Crippen molar-refractivity contribution in [3.63, 3.8) is 0 Å². The van der Waals surface area contributed by atoms with Gasteiger partial charge in [0.25, 0.3) is 5.56 Å². The molecule has 0 atom stereocenters. The molecule has 0 saturated heterocycles. The van der Waals surface area contributed by atoms with Crippen LogP contribution in [0.1, 0.15) is 0 Å². The molecule has 4 aromatic heterocycles. The zero-order valence-electron chi connectivity index (χ0n) is 12.8. The molecule has 0 spiro atoms. The van der Waals surface area contributed by atoms with Gasteiger partial charge in [0.2, 0.25) is 0 Å². The molecule has 0 fully saturated rings. The summed E-state index contributed by atoms with van der Waals surface area (Å²) in [6.45, 7) is 0. The van der Waals surface area contributed by atoms with Gasteiger partial charge in [0, 0.05) is 24.0 Å². The maximum absolute atomic E-state index is 12.5. The summed E-state index contributed by atoms with van der Waals surface area (Å²) in [5.74, 6) is 0. The van der Waals surface area contributed by atoms with E-state index >= 15 is 0 Å². The van der Waals surface area contributed by atoms with Crippen molar-refractivity contribution in [2.45, 2.75) is 0 Å². The standard InChI is InChI=1S/C17H11N7O/c25-16-8-14(10-4-5-13-15(7-10)22-23-21-13)20-17-11(9-19-24(16)17)12-3-1-2-6-18-12/h1-9,19H,(H,21,22,23). The molecule has 0 aliphatic rings. The number of benzene rings is 1. The molecule has 4 heterocycles. The molecule has 1 aromatic carbocycles. The molecular formula is C17H11N7O. The number of aromatic nitrogens is 7. The zero-order chi connectivity index (χ0) is 16.8. The van der Waals surface area contributed by atoms with Gasteiger partial charge in [-0.2, -0.15) is 15.4 Å². The minimum atomic E-state index is -0.192. The van der Waals surface area contributed by atoms with Crippen LogP contribution in [0.3, 0.4) is 0 Å². The molecule has 0 saturated carbocycles. The van der Waals surface area contributed by atoms with Gasteiger partial charge in [-0.15, -0.1) is 0 Å². The fraction of sp³-hybridized carbons (Fsp3) is 0. The third kappa shape index (κ3) is 2.12. The van der Waals surface area contributed by atoms with Crippen molar-refractivity contribution in [2.24, 2.45) is 0 Å². The Kier molecular flexibility index (Phi) is 2.78. The molecule has 2 N–H and O–H groups in total. The first kappa shape index (κ1) is 13.6. The molecule has 0 bridgehead atoms. The summed E-state index contributed by atoms with van der Waals surface area (Å²) in [7, 11) is 0. The summed E-state index contributed by atoms with van der Waals surface area (Å²) in [4.78, 5) is 21.5. The van der Waals surface area contributed by atoms with Gasteiger partial charge < -0.3 is 0 Å². The van der Waals surface area contributed by atoms with E-state index in [2.05, 4.69) is 30.5 Å². The summed E-state index contributed by atoms with van der Waals surface area (Å²) >= 11 is 0. The van der Waals surface area contributed by atoms with Crippen LogP contribution >= 0.6 is 0 Å². The number of H-pyrrole nitrogens is 2. The third-order valence-electron chi connectivity index (χ3n) is 4.05.